The zero-order chi connectivity index (χ0) is 15.3. The summed E-state index contributed by atoms with van der Waals surface area (Å²) in [7, 11) is 0. The second kappa shape index (κ2) is 7.31. The molecule has 1 aromatic carbocycles. The van der Waals surface area contributed by atoms with E-state index in [9.17, 15) is 0 Å². The third kappa shape index (κ3) is 4.74. The number of hydrogen-bond donors (Lipinski definition) is 1. The Balaban J connectivity index is 1.78. The molecule has 2 unspecified atom stereocenters. The van der Waals surface area contributed by atoms with Crippen molar-refractivity contribution in [1.82, 2.24) is 5.32 Å². The van der Waals surface area contributed by atoms with Crippen LogP contribution in [0.25, 0.3) is 0 Å². The highest BCUT2D eigenvalue weighted by atomic mass is 16.5. The van der Waals surface area contributed by atoms with Crippen molar-refractivity contribution in [2.24, 2.45) is 5.92 Å². The number of hydrogen-bond acceptors (Lipinski definition) is 2. The van der Waals surface area contributed by atoms with Gasteiger partial charge in [0, 0.05) is 6.04 Å². The highest BCUT2D eigenvalue weighted by Gasteiger charge is 2.26. The van der Waals surface area contributed by atoms with Crippen LogP contribution in [0.15, 0.2) is 24.3 Å². The lowest BCUT2D eigenvalue weighted by molar-refractivity contribution is 0.261. The summed E-state index contributed by atoms with van der Waals surface area (Å²) in [5, 5.41) is 3.61. The minimum Gasteiger partial charge on any atom is -0.494 e. The Morgan fingerprint density at radius 1 is 1.14 bits per heavy atom. The molecule has 2 heteroatoms. The van der Waals surface area contributed by atoms with Crippen LogP contribution in [0.1, 0.15) is 58.9 Å². The molecule has 2 atom stereocenters. The van der Waals surface area contributed by atoms with Crippen molar-refractivity contribution in [3.05, 3.63) is 29.8 Å². The topological polar surface area (TPSA) is 21.3 Å². The van der Waals surface area contributed by atoms with Gasteiger partial charge >= 0.3 is 0 Å². The standard InChI is InChI=1S/C19H31NO/c1-5-20-18-8-6-7-15(18)13-14-21-17-11-9-16(10-12-17)19(2,3)4/h9-12,15,18,20H,5-8,13-14H2,1-4H3. The smallest absolute Gasteiger partial charge is 0.119 e. The zero-order valence-electron chi connectivity index (χ0n) is 14.1. The van der Waals surface area contributed by atoms with Crippen molar-refractivity contribution in [2.75, 3.05) is 13.2 Å². The van der Waals surface area contributed by atoms with Crippen LogP contribution in [0.5, 0.6) is 5.75 Å². The molecule has 2 rings (SSSR count). The van der Waals surface area contributed by atoms with Crippen LogP contribution in [-0.2, 0) is 5.41 Å². The Morgan fingerprint density at radius 2 is 1.86 bits per heavy atom. The largest absolute Gasteiger partial charge is 0.494 e. The third-order valence-electron chi connectivity index (χ3n) is 4.60. The van der Waals surface area contributed by atoms with Crippen LogP contribution in [-0.4, -0.2) is 19.2 Å². The fourth-order valence-corrected chi connectivity index (χ4v) is 3.29. The third-order valence-corrected chi connectivity index (χ3v) is 4.60. The average Bonchev–Trinajstić information content (AvgIpc) is 2.86. The zero-order valence-corrected chi connectivity index (χ0v) is 14.1. The van der Waals surface area contributed by atoms with Crippen LogP contribution in [0.2, 0.25) is 0 Å². The molecule has 0 spiro atoms. The summed E-state index contributed by atoms with van der Waals surface area (Å²) in [5.41, 5.74) is 1.57. The molecule has 1 N–H and O–H groups in total. The van der Waals surface area contributed by atoms with Gasteiger partial charge in [0.05, 0.1) is 6.61 Å². The molecule has 1 aromatic rings. The lowest BCUT2D eigenvalue weighted by atomic mass is 9.87. The predicted molar refractivity (Wildman–Crippen MR) is 90.1 cm³/mol. The SMILES string of the molecule is CCNC1CCCC1CCOc1ccc(C(C)(C)C)cc1. The van der Waals surface area contributed by atoms with E-state index >= 15 is 0 Å². The minimum atomic E-state index is 0.210. The van der Waals surface area contributed by atoms with Gasteiger partial charge in [0.15, 0.2) is 0 Å². The van der Waals surface area contributed by atoms with Gasteiger partial charge in [-0.25, -0.2) is 0 Å². The van der Waals surface area contributed by atoms with Gasteiger partial charge in [-0.05, 0) is 54.8 Å². The van der Waals surface area contributed by atoms with Gasteiger partial charge in [-0.15, -0.1) is 0 Å². The van der Waals surface area contributed by atoms with Gasteiger partial charge in [0.1, 0.15) is 5.75 Å². The highest BCUT2D eigenvalue weighted by molar-refractivity contribution is 5.31. The van der Waals surface area contributed by atoms with Crippen molar-refractivity contribution in [3.63, 3.8) is 0 Å². The van der Waals surface area contributed by atoms with Gasteiger partial charge in [-0.2, -0.15) is 0 Å². The molecule has 1 aliphatic carbocycles. The van der Waals surface area contributed by atoms with Crippen LogP contribution in [0.3, 0.4) is 0 Å². The molecule has 1 aliphatic rings. The summed E-state index contributed by atoms with van der Waals surface area (Å²) in [6.45, 7) is 10.8. The molecule has 0 saturated heterocycles. The van der Waals surface area contributed by atoms with E-state index in [4.69, 9.17) is 4.74 Å². The molecule has 1 fully saturated rings. The first-order valence-electron chi connectivity index (χ1n) is 8.47. The Labute approximate surface area is 130 Å². The normalized spacial score (nSPS) is 22.5. The van der Waals surface area contributed by atoms with E-state index in [0.29, 0.717) is 6.04 Å². The van der Waals surface area contributed by atoms with E-state index in [1.165, 1.54) is 31.2 Å². The van der Waals surface area contributed by atoms with Crippen LogP contribution in [0.4, 0.5) is 0 Å². The molecule has 0 bridgehead atoms. The number of rotatable bonds is 6. The molecule has 1 saturated carbocycles. The monoisotopic (exact) mass is 289 g/mol. The molecule has 2 nitrogen and oxygen atoms in total. The summed E-state index contributed by atoms with van der Waals surface area (Å²) in [6.07, 6.45) is 5.21. The minimum absolute atomic E-state index is 0.210. The Morgan fingerprint density at radius 3 is 2.48 bits per heavy atom. The lowest BCUT2D eigenvalue weighted by Gasteiger charge is -2.21. The van der Waals surface area contributed by atoms with Gasteiger partial charge in [0.25, 0.3) is 0 Å². The van der Waals surface area contributed by atoms with Crippen LogP contribution >= 0.6 is 0 Å². The first kappa shape index (κ1) is 16.4. The van der Waals surface area contributed by atoms with Crippen molar-refractivity contribution in [1.29, 1.82) is 0 Å². The molecule has 0 amide bonds. The Bertz CT molecular complexity index is 418. The molecule has 0 radical (unpaired) electrons. The maximum Gasteiger partial charge on any atom is 0.119 e. The fraction of sp³-hybridized carbons (Fsp3) is 0.684. The molecule has 0 heterocycles. The second-order valence-electron chi connectivity index (χ2n) is 7.27. The van der Waals surface area contributed by atoms with Gasteiger partial charge in [-0.3, -0.25) is 0 Å². The lowest BCUT2D eigenvalue weighted by Crippen LogP contribution is -2.32. The Kier molecular flexibility index (Phi) is 5.69. The fourth-order valence-electron chi connectivity index (χ4n) is 3.29. The molecule has 0 aromatic heterocycles. The summed E-state index contributed by atoms with van der Waals surface area (Å²) < 4.78 is 5.93. The summed E-state index contributed by atoms with van der Waals surface area (Å²) in [5.74, 6) is 1.79. The second-order valence-corrected chi connectivity index (χ2v) is 7.27. The summed E-state index contributed by atoms with van der Waals surface area (Å²) in [4.78, 5) is 0. The number of benzene rings is 1. The maximum absolute atomic E-state index is 5.93. The van der Waals surface area contributed by atoms with Crippen molar-refractivity contribution in [3.8, 4) is 5.75 Å². The van der Waals surface area contributed by atoms with Crippen molar-refractivity contribution >= 4 is 0 Å². The molecule has 118 valence electrons. The maximum atomic E-state index is 5.93. The first-order valence-corrected chi connectivity index (χ1v) is 8.47. The summed E-state index contributed by atoms with van der Waals surface area (Å²) >= 11 is 0. The van der Waals surface area contributed by atoms with E-state index in [0.717, 1.165) is 24.8 Å². The van der Waals surface area contributed by atoms with E-state index < -0.39 is 0 Å². The molecular formula is C19H31NO. The molecular weight excluding hydrogens is 258 g/mol. The van der Waals surface area contributed by atoms with Gasteiger partial charge in [-0.1, -0.05) is 46.2 Å². The molecule has 0 aliphatic heterocycles. The first-order chi connectivity index (χ1) is 10.0. The average molecular weight is 289 g/mol. The van der Waals surface area contributed by atoms with E-state index in [1.807, 2.05) is 0 Å². The quantitative estimate of drug-likeness (QED) is 0.830. The van der Waals surface area contributed by atoms with E-state index in [2.05, 4.69) is 57.3 Å². The van der Waals surface area contributed by atoms with Crippen molar-refractivity contribution in [2.45, 2.75) is 64.8 Å². The van der Waals surface area contributed by atoms with E-state index in [1.54, 1.807) is 0 Å². The highest BCUT2D eigenvalue weighted by Crippen LogP contribution is 2.29. The number of nitrogens with one attached hydrogen (secondary N) is 1. The van der Waals surface area contributed by atoms with Gasteiger partial charge in [0.2, 0.25) is 0 Å². The number of ether oxygens (including phenoxy) is 1. The van der Waals surface area contributed by atoms with Gasteiger partial charge < -0.3 is 10.1 Å². The summed E-state index contributed by atoms with van der Waals surface area (Å²) in [6, 6.07) is 9.30. The predicted octanol–water partition coefficient (Wildman–Crippen LogP) is 4.53. The molecule has 21 heavy (non-hydrogen) atoms. The van der Waals surface area contributed by atoms with Crippen molar-refractivity contribution < 1.29 is 4.74 Å². The van der Waals surface area contributed by atoms with E-state index in [-0.39, 0.29) is 5.41 Å². The van der Waals surface area contributed by atoms with Crippen LogP contribution in [0, 0.1) is 5.92 Å². The Hall–Kier alpha value is -1.02. The van der Waals surface area contributed by atoms with Crippen LogP contribution < -0.4 is 10.1 Å².